The highest BCUT2D eigenvalue weighted by Crippen LogP contribution is 1.93. The van der Waals surface area contributed by atoms with Crippen LogP contribution in [0, 0.1) is 0 Å². The first-order valence-corrected chi connectivity index (χ1v) is 6.51. The number of rotatable bonds is 10. The number of hydrogen-bond donors (Lipinski definition) is 1. The Morgan fingerprint density at radius 2 is 2.05 bits per heavy atom. The topological polar surface area (TPSA) is 78.3 Å². The van der Waals surface area contributed by atoms with Gasteiger partial charge in [0.25, 0.3) is 0 Å². The van der Waals surface area contributed by atoms with Crippen LogP contribution in [-0.2, 0) is 27.2 Å². The zero-order valence-corrected chi connectivity index (χ0v) is 11.6. The number of nitrogens with one attached hydrogen (secondary N) is 1. The molecule has 1 aromatic heterocycles. The Bertz CT molecular complexity index is 368. The quantitative estimate of drug-likeness (QED) is 0.606. The van der Waals surface area contributed by atoms with Crippen molar-refractivity contribution in [2.24, 2.45) is 0 Å². The fourth-order valence-corrected chi connectivity index (χ4v) is 1.39. The lowest BCUT2D eigenvalue weighted by atomic mass is 10.4. The molecular formula is C12H22N4O3. The van der Waals surface area contributed by atoms with Gasteiger partial charge in [-0.25, -0.2) is 4.68 Å². The van der Waals surface area contributed by atoms with E-state index in [4.69, 9.17) is 9.47 Å². The van der Waals surface area contributed by atoms with Gasteiger partial charge in [0, 0.05) is 19.7 Å². The molecule has 0 saturated heterocycles. The number of aryl methyl sites for hydroxylation is 1. The zero-order valence-electron chi connectivity index (χ0n) is 11.6. The molecule has 7 heteroatoms. The highest BCUT2D eigenvalue weighted by Gasteiger charge is 1.98. The normalized spacial score (nSPS) is 10.6. The maximum Gasteiger partial charge on any atom is 0.216 e. The molecule has 0 fully saturated rings. The molecule has 0 unspecified atom stereocenters. The lowest BCUT2D eigenvalue weighted by molar-refractivity contribution is -0.119. The minimum absolute atomic E-state index is 0.0425. The van der Waals surface area contributed by atoms with Crippen molar-refractivity contribution in [3.63, 3.8) is 0 Å². The Morgan fingerprint density at radius 1 is 1.32 bits per heavy atom. The Hall–Kier alpha value is -1.47. The van der Waals surface area contributed by atoms with E-state index in [-0.39, 0.29) is 5.91 Å². The van der Waals surface area contributed by atoms with Gasteiger partial charge in [0.05, 0.1) is 38.7 Å². The summed E-state index contributed by atoms with van der Waals surface area (Å²) >= 11 is 0. The summed E-state index contributed by atoms with van der Waals surface area (Å²) in [5, 5.41) is 10.6. The summed E-state index contributed by atoms with van der Waals surface area (Å²) in [5.41, 5.74) is 0.987. The number of amides is 1. The fourth-order valence-electron chi connectivity index (χ4n) is 1.39. The van der Waals surface area contributed by atoms with Gasteiger partial charge in [0.1, 0.15) is 0 Å². The second-order valence-electron chi connectivity index (χ2n) is 4.03. The van der Waals surface area contributed by atoms with E-state index in [1.807, 2.05) is 13.1 Å². The smallest absolute Gasteiger partial charge is 0.216 e. The Morgan fingerprint density at radius 3 is 2.68 bits per heavy atom. The van der Waals surface area contributed by atoms with Gasteiger partial charge >= 0.3 is 0 Å². The van der Waals surface area contributed by atoms with E-state index in [0.29, 0.717) is 39.5 Å². The molecule has 19 heavy (non-hydrogen) atoms. The molecule has 0 bridgehead atoms. The number of ether oxygens (including phenoxy) is 2. The molecule has 0 radical (unpaired) electrons. The van der Waals surface area contributed by atoms with Gasteiger partial charge in [0.2, 0.25) is 5.91 Å². The number of carbonyl (C=O) groups is 1. The lowest BCUT2D eigenvalue weighted by Crippen LogP contribution is -2.25. The largest absolute Gasteiger partial charge is 0.377 e. The van der Waals surface area contributed by atoms with Crippen LogP contribution in [0.25, 0.3) is 0 Å². The fraction of sp³-hybridized carbons (Fsp3) is 0.750. The lowest BCUT2D eigenvalue weighted by Gasteiger charge is -2.06. The minimum Gasteiger partial charge on any atom is -0.377 e. The van der Waals surface area contributed by atoms with Crippen molar-refractivity contribution in [3.05, 3.63) is 11.9 Å². The number of aromatic nitrogens is 3. The molecular weight excluding hydrogens is 248 g/mol. The Kier molecular flexibility index (Phi) is 7.76. The molecule has 0 atom stereocenters. The van der Waals surface area contributed by atoms with Crippen molar-refractivity contribution in [1.82, 2.24) is 20.3 Å². The van der Waals surface area contributed by atoms with E-state index >= 15 is 0 Å². The molecule has 0 saturated carbocycles. The van der Waals surface area contributed by atoms with Crippen molar-refractivity contribution in [3.8, 4) is 0 Å². The van der Waals surface area contributed by atoms with E-state index in [1.54, 1.807) is 4.68 Å². The van der Waals surface area contributed by atoms with Crippen LogP contribution in [0.1, 0.15) is 19.5 Å². The highest BCUT2D eigenvalue weighted by atomic mass is 16.5. The van der Waals surface area contributed by atoms with Crippen LogP contribution >= 0.6 is 0 Å². The van der Waals surface area contributed by atoms with Crippen molar-refractivity contribution in [1.29, 1.82) is 0 Å². The molecule has 0 aromatic carbocycles. The summed E-state index contributed by atoms with van der Waals surface area (Å²) in [5.74, 6) is -0.0425. The third kappa shape index (κ3) is 7.53. The number of nitrogens with zero attached hydrogens (tertiary/aromatic N) is 3. The molecule has 1 amide bonds. The second kappa shape index (κ2) is 9.46. The van der Waals surface area contributed by atoms with Gasteiger partial charge in [-0.2, -0.15) is 0 Å². The van der Waals surface area contributed by atoms with Crippen molar-refractivity contribution in [2.45, 2.75) is 26.8 Å². The van der Waals surface area contributed by atoms with Gasteiger partial charge in [-0.05, 0) is 6.42 Å². The summed E-state index contributed by atoms with van der Waals surface area (Å²) in [7, 11) is 0. The van der Waals surface area contributed by atoms with Crippen molar-refractivity contribution < 1.29 is 14.3 Å². The van der Waals surface area contributed by atoms with Crippen molar-refractivity contribution >= 4 is 5.91 Å². The molecule has 0 spiro atoms. The highest BCUT2D eigenvalue weighted by molar-refractivity contribution is 5.72. The first-order valence-electron chi connectivity index (χ1n) is 6.51. The molecule has 1 N–H and O–H groups in total. The SMILES string of the molecule is CCc1cn(CCOCCOCCNC(C)=O)nn1. The van der Waals surface area contributed by atoms with Gasteiger partial charge in [0.15, 0.2) is 0 Å². The number of carbonyl (C=O) groups excluding carboxylic acids is 1. The summed E-state index contributed by atoms with van der Waals surface area (Å²) in [4.78, 5) is 10.6. The van der Waals surface area contributed by atoms with E-state index in [1.165, 1.54) is 6.92 Å². The van der Waals surface area contributed by atoms with Crippen LogP contribution in [-0.4, -0.2) is 53.9 Å². The molecule has 7 nitrogen and oxygen atoms in total. The zero-order chi connectivity index (χ0) is 13.9. The molecule has 108 valence electrons. The Balaban J connectivity index is 1.89. The molecule has 1 rings (SSSR count). The van der Waals surface area contributed by atoms with E-state index < -0.39 is 0 Å². The molecule has 1 aromatic rings. The average Bonchev–Trinajstić information content (AvgIpc) is 2.84. The summed E-state index contributed by atoms with van der Waals surface area (Å²) in [6.07, 6.45) is 2.82. The predicted octanol–water partition coefficient (Wildman–Crippen LogP) is 0.00980. The number of hydrogen-bond acceptors (Lipinski definition) is 5. The summed E-state index contributed by atoms with van der Waals surface area (Å²) in [6.45, 7) is 6.91. The molecule has 0 aliphatic carbocycles. The summed E-state index contributed by atoms with van der Waals surface area (Å²) < 4.78 is 12.5. The summed E-state index contributed by atoms with van der Waals surface area (Å²) in [6, 6.07) is 0. The Labute approximate surface area is 113 Å². The molecule has 1 heterocycles. The third-order valence-electron chi connectivity index (χ3n) is 2.41. The maximum absolute atomic E-state index is 10.6. The van der Waals surface area contributed by atoms with Gasteiger partial charge in [-0.1, -0.05) is 12.1 Å². The molecule has 0 aliphatic heterocycles. The molecule has 0 aliphatic rings. The van der Waals surface area contributed by atoms with Crippen LogP contribution in [0.5, 0.6) is 0 Å². The standard InChI is InChI=1S/C12H22N4O3/c1-3-12-10-16(15-14-12)5-7-19-9-8-18-6-4-13-11(2)17/h10H,3-9H2,1-2H3,(H,13,17). The minimum atomic E-state index is -0.0425. The van der Waals surface area contributed by atoms with E-state index in [9.17, 15) is 4.79 Å². The van der Waals surface area contributed by atoms with Crippen LogP contribution in [0.15, 0.2) is 6.20 Å². The van der Waals surface area contributed by atoms with Crippen LogP contribution < -0.4 is 5.32 Å². The predicted molar refractivity (Wildman–Crippen MR) is 69.7 cm³/mol. The first-order chi connectivity index (χ1) is 9.22. The van der Waals surface area contributed by atoms with Gasteiger partial charge < -0.3 is 14.8 Å². The first kappa shape index (κ1) is 15.6. The van der Waals surface area contributed by atoms with Crippen molar-refractivity contribution in [2.75, 3.05) is 33.0 Å². The van der Waals surface area contributed by atoms with Crippen LogP contribution in [0.2, 0.25) is 0 Å². The average molecular weight is 270 g/mol. The van der Waals surface area contributed by atoms with Crippen LogP contribution in [0.4, 0.5) is 0 Å². The monoisotopic (exact) mass is 270 g/mol. The van der Waals surface area contributed by atoms with E-state index in [2.05, 4.69) is 15.6 Å². The maximum atomic E-state index is 10.6. The van der Waals surface area contributed by atoms with Gasteiger partial charge in [-0.15, -0.1) is 5.10 Å². The third-order valence-corrected chi connectivity index (χ3v) is 2.41. The van der Waals surface area contributed by atoms with E-state index in [0.717, 1.165) is 12.1 Å². The second-order valence-corrected chi connectivity index (χ2v) is 4.03. The van der Waals surface area contributed by atoms with Gasteiger partial charge in [-0.3, -0.25) is 4.79 Å². The van der Waals surface area contributed by atoms with Crippen LogP contribution in [0.3, 0.4) is 0 Å².